The minimum atomic E-state index is -0.239. The lowest BCUT2D eigenvalue weighted by molar-refractivity contribution is 0.102. The molecule has 0 atom stereocenters. The van der Waals surface area contributed by atoms with Crippen molar-refractivity contribution in [3.8, 4) is 17.2 Å². The normalized spacial score (nSPS) is 11.1. The Labute approximate surface area is 186 Å². The van der Waals surface area contributed by atoms with Gasteiger partial charge in [0.15, 0.2) is 5.58 Å². The summed E-state index contributed by atoms with van der Waals surface area (Å²) >= 11 is 6.39. The molecule has 0 fully saturated rings. The number of hydrogen-bond acceptors (Lipinski definition) is 4. The standard InChI is InChI=1S/C25H23ClN2O3/c1-15(2)14-30-19-6-4-5-17(12-19)24(29)27-18-8-9-21(26)20(13-18)25-28-22-11-16(3)7-10-23(22)31-25/h4-13,15H,14H2,1-3H3,(H,27,29). The van der Waals surface area contributed by atoms with Gasteiger partial charge in [0.1, 0.15) is 11.3 Å². The fourth-order valence-electron chi connectivity index (χ4n) is 3.11. The van der Waals surface area contributed by atoms with Crippen LogP contribution in [-0.4, -0.2) is 17.5 Å². The number of fused-ring (bicyclic) bond motifs is 1. The van der Waals surface area contributed by atoms with Gasteiger partial charge in [0.25, 0.3) is 5.91 Å². The van der Waals surface area contributed by atoms with Gasteiger partial charge in [0.05, 0.1) is 17.2 Å². The van der Waals surface area contributed by atoms with Crippen molar-refractivity contribution in [2.45, 2.75) is 20.8 Å². The first-order chi connectivity index (χ1) is 14.9. The lowest BCUT2D eigenvalue weighted by Gasteiger charge is -2.11. The van der Waals surface area contributed by atoms with E-state index in [1.54, 1.807) is 36.4 Å². The number of aryl methyl sites for hydroxylation is 1. The van der Waals surface area contributed by atoms with Crippen LogP contribution < -0.4 is 10.1 Å². The van der Waals surface area contributed by atoms with E-state index in [1.165, 1.54) is 0 Å². The second-order valence-corrected chi connectivity index (χ2v) is 8.28. The van der Waals surface area contributed by atoms with Crippen LogP contribution in [0, 0.1) is 12.8 Å². The van der Waals surface area contributed by atoms with Gasteiger partial charge in [-0.2, -0.15) is 0 Å². The Balaban J connectivity index is 1.57. The monoisotopic (exact) mass is 434 g/mol. The number of carbonyl (C=O) groups is 1. The Bertz CT molecular complexity index is 1250. The molecule has 0 radical (unpaired) electrons. The van der Waals surface area contributed by atoms with Crippen LogP contribution in [-0.2, 0) is 0 Å². The molecule has 0 aliphatic rings. The summed E-state index contributed by atoms with van der Waals surface area (Å²) in [4.78, 5) is 17.3. The third-order valence-electron chi connectivity index (χ3n) is 4.68. The van der Waals surface area contributed by atoms with Gasteiger partial charge in [-0.25, -0.2) is 4.98 Å². The van der Waals surface area contributed by atoms with Gasteiger partial charge in [0, 0.05) is 11.3 Å². The Hall–Kier alpha value is -3.31. The average molecular weight is 435 g/mol. The van der Waals surface area contributed by atoms with E-state index in [1.807, 2.05) is 31.2 Å². The zero-order valence-corrected chi connectivity index (χ0v) is 18.4. The maximum Gasteiger partial charge on any atom is 0.255 e. The summed E-state index contributed by atoms with van der Waals surface area (Å²) in [6.07, 6.45) is 0. The largest absolute Gasteiger partial charge is 0.493 e. The van der Waals surface area contributed by atoms with Crippen molar-refractivity contribution in [3.63, 3.8) is 0 Å². The lowest BCUT2D eigenvalue weighted by Crippen LogP contribution is -2.12. The second-order valence-electron chi connectivity index (χ2n) is 7.87. The Morgan fingerprint density at radius 2 is 1.97 bits per heavy atom. The summed E-state index contributed by atoms with van der Waals surface area (Å²) in [5, 5.41) is 3.40. The first-order valence-electron chi connectivity index (χ1n) is 10.1. The molecule has 5 nitrogen and oxygen atoms in total. The highest BCUT2D eigenvalue weighted by Crippen LogP contribution is 2.32. The van der Waals surface area contributed by atoms with Gasteiger partial charge in [0.2, 0.25) is 5.89 Å². The highest BCUT2D eigenvalue weighted by molar-refractivity contribution is 6.33. The van der Waals surface area contributed by atoms with E-state index in [9.17, 15) is 4.79 Å². The topological polar surface area (TPSA) is 64.4 Å². The summed E-state index contributed by atoms with van der Waals surface area (Å²) in [5.41, 5.74) is 4.26. The first kappa shape index (κ1) is 20.9. The molecule has 1 amide bonds. The van der Waals surface area contributed by atoms with E-state index in [0.717, 1.165) is 11.1 Å². The number of nitrogens with one attached hydrogen (secondary N) is 1. The summed E-state index contributed by atoms with van der Waals surface area (Å²) in [7, 11) is 0. The Kier molecular flexibility index (Phi) is 5.96. The van der Waals surface area contributed by atoms with E-state index in [0.29, 0.717) is 51.6 Å². The van der Waals surface area contributed by atoms with Gasteiger partial charge in [-0.15, -0.1) is 0 Å². The number of aromatic nitrogens is 1. The van der Waals surface area contributed by atoms with Crippen molar-refractivity contribution in [3.05, 3.63) is 76.8 Å². The first-order valence-corrected chi connectivity index (χ1v) is 10.5. The van der Waals surface area contributed by atoms with Crippen molar-refractivity contribution in [2.75, 3.05) is 11.9 Å². The fourth-order valence-corrected chi connectivity index (χ4v) is 3.31. The quantitative estimate of drug-likeness (QED) is 0.364. The van der Waals surface area contributed by atoms with Gasteiger partial charge in [-0.3, -0.25) is 4.79 Å². The molecule has 1 aromatic heterocycles. The fraction of sp³-hybridized carbons (Fsp3) is 0.200. The van der Waals surface area contributed by atoms with E-state index >= 15 is 0 Å². The maximum absolute atomic E-state index is 12.8. The maximum atomic E-state index is 12.8. The number of nitrogens with zero attached hydrogens (tertiary/aromatic N) is 1. The smallest absolute Gasteiger partial charge is 0.255 e. The molecule has 158 valence electrons. The van der Waals surface area contributed by atoms with Crippen LogP contribution >= 0.6 is 11.6 Å². The highest BCUT2D eigenvalue weighted by Gasteiger charge is 2.14. The summed E-state index contributed by atoms with van der Waals surface area (Å²) < 4.78 is 11.6. The van der Waals surface area contributed by atoms with Crippen LogP contribution in [0.5, 0.6) is 5.75 Å². The van der Waals surface area contributed by atoms with E-state index in [-0.39, 0.29) is 5.91 Å². The summed E-state index contributed by atoms with van der Waals surface area (Å²) in [5.74, 6) is 1.24. The Morgan fingerprint density at radius 1 is 1.13 bits per heavy atom. The molecular weight excluding hydrogens is 412 g/mol. The molecule has 4 aromatic rings. The molecule has 0 bridgehead atoms. The number of anilines is 1. The molecule has 6 heteroatoms. The summed E-state index contributed by atoms with van der Waals surface area (Å²) in [6, 6.07) is 18.2. The van der Waals surface area contributed by atoms with Crippen molar-refractivity contribution in [2.24, 2.45) is 5.92 Å². The third kappa shape index (κ3) is 4.89. The van der Waals surface area contributed by atoms with Crippen LogP contribution in [0.15, 0.2) is 65.1 Å². The van der Waals surface area contributed by atoms with Crippen molar-refractivity contribution in [1.82, 2.24) is 4.98 Å². The van der Waals surface area contributed by atoms with Crippen molar-refractivity contribution in [1.29, 1.82) is 0 Å². The number of carbonyl (C=O) groups excluding carboxylic acids is 1. The predicted octanol–water partition coefficient (Wildman–Crippen LogP) is 6.74. The number of hydrogen-bond donors (Lipinski definition) is 1. The predicted molar refractivity (Wildman–Crippen MR) is 124 cm³/mol. The van der Waals surface area contributed by atoms with Gasteiger partial charge < -0.3 is 14.5 Å². The average Bonchev–Trinajstić information content (AvgIpc) is 3.16. The zero-order chi connectivity index (χ0) is 22.0. The molecule has 4 rings (SSSR count). The van der Waals surface area contributed by atoms with E-state index in [4.69, 9.17) is 20.8 Å². The lowest BCUT2D eigenvalue weighted by atomic mass is 10.1. The molecule has 3 aromatic carbocycles. The number of halogens is 1. The van der Waals surface area contributed by atoms with Crippen molar-refractivity contribution >= 4 is 34.3 Å². The number of amides is 1. The van der Waals surface area contributed by atoms with Crippen LogP contribution in [0.1, 0.15) is 29.8 Å². The van der Waals surface area contributed by atoms with Gasteiger partial charge in [-0.1, -0.05) is 37.6 Å². The van der Waals surface area contributed by atoms with Crippen LogP contribution in [0.4, 0.5) is 5.69 Å². The SMILES string of the molecule is Cc1ccc2oc(-c3cc(NC(=O)c4cccc(OCC(C)C)c4)ccc3Cl)nc2c1. The molecule has 0 saturated heterocycles. The zero-order valence-electron chi connectivity index (χ0n) is 17.6. The number of oxazole rings is 1. The van der Waals surface area contributed by atoms with E-state index < -0.39 is 0 Å². The van der Waals surface area contributed by atoms with Crippen molar-refractivity contribution < 1.29 is 13.9 Å². The number of ether oxygens (including phenoxy) is 1. The molecule has 1 heterocycles. The highest BCUT2D eigenvalue weighted by atomic mass is 35.5. The molecule has 31 heavy (non-hydrogen) atoms. The van der Waals surface area contributed by atoms with Crippen LogP contribution in [0.2, 0.25) is 5.02 Å². The van der Waals surface area contributed by atoms with Crippen LogP contribution in [0.25, 0.3) is 22.6 Å². The van der Waals surface area contributed by atoms with Gasteiger partial charge >= 0.3 is 0 Å². The minimum Gasteiger partial charge on any atom is -0.493 e. The molecule has 1 N–H and O–H groups in total. The molecule has 0 spiro atoms. The molecule has 0 unspecified atom stereocenters. The molecule has 0 saturated carbocycles. The second kappa shape index (κ2) is 8.82. The molecular formula is C25H23ClN2O3. The number of rotatable bonds is 6. The number of benzene rings is 3. The van der Waals surface area contributed by atoms with E-state index in [2.05, 4.69) is 24.1 Å². The molecule has 0 aliphatic heterocycles. The van der Waals surface area contributed by atoms with Crippen LogP contribution in [0.3, 0.4) is 0 Å². The molecule has 0 aliphatic carbocycles. The Morgan fingerprint density at radius 3 is 2.77 bits per heavy atom. The summed E-state index contributed by atoms with van der Waals surface area (Å²) in [6.45, 7) is 6.74. The minimum absolute atomic E-state index is 0.239. The van der Waals surface area contributed by atoms with Gasteiger partial charge in [-0.05, 0) is 66.9 Å². The third-order valence-corrected chi connectivity index (χ3v) is 5.01.